The molecule has 0 fully saturated rings. The van der Waals surface area contributed by atoms with E-state index in [0.29, 0.717) is 12.0 Å². The molecule has 0 radical (unpaired) electrons. The van der Waals surface area contributed by atoms with Crippen molar-refractivity contribution in [3.8, 4) is 5.75 Å². The minimum atomic E-state index is -1.000. The Balaban J connectivity index is 1.90. The fourth-order valence-corrected chi connectivity index (χ4v) is 2.65. The van der Waals surface area contributed by atoms with Crippen LogP contribution < -0.4 is 10.1 Å². The Bertz CT molecular complexity index is 576. The molecule has 0 bridgehead atoms. The molecule has 1 aromatic heterocycles. The number of carbonyl (C=O) groups excluding carboxylic acids is 1. The van der Waals surface area contributed by atoms with Crippen molar-refractivity contribution in [1.29, 1.82) is 0 Å². The quantitative estimate of drug-likeness (QED) is 0.862. The van der Waals surface area contributed by atoms with E-state index in [0.717, 1.165) is 11.3 Å². The van der Waals surface area contributed by atoms with Crippen LogP contribution in [0.5, 0.6) is 5.75 Å². The second kappa shape index (κ2) is 6.74. The number of hydrogen-bond acceptors (Lipinski definition) is 4. The molecule has 1 amide bonds. The number of rotatable bonds is 6. The molecular weight excluding hydrogens is 286 g/mol. The third-order valence-electron chi connectivity index (χ3n) is 3.16. The summed E-state index contributed by atoms with van der Waals surface area (Å²) in [5.41, 5.74) is 0.617. The molecule has 1 aromatic carbocycles. The van der Waals surface area contributed by atoms with Crippen molar-refractivity contribution in [3.63, 3.8) is 0 Å². The predicted octanol–water partition coefficient (Wildman–Crippen LogP) is 2.48. The van der Waals surface area contributed by atoms with E-state index in [4.69, 9.17) is 4.74 Å². The Hall–Kier alpha value is -1.85. The molecule has 2 N–H and O–H groups in total. The van der Waals surface area contributed by atoms with Crippen LogP contribution in [0.4, 0.5) is 0 Å². The van der Waals surface area contributed by atoms with E-state index in [1.165, 1.54) is 11.3 Å². The zero-order chi connectivity index (χ0) is 15.3. The molecule has 112 valence electrons. The van der Waals surface area contributed by atoms with Crippen LogP contribution in [0.1, 0.15) is 22.8 Å². The predicted molar refractivity (Wildman–Crippen MR) is 84.0 cm³/mol. The molecule has 0 aliphatic rings. The highest BCUT2D eigenvalue weighted by Crippen LogP contribution is 2.17. The SMILES string of the molecule is COc1ccc(C[C@@](C)(O)CNC(=O)c2ccsc2)cc1. The summed E-state index contributed by atoms with van der Waals surface area (Å²) in [6, 6.07) is 9.30. The van der Waals surface area contributed by atoms with Gasteiger partial charge in [-0.25, -0.2) is 0 Å². The third-order valence-corrected chi connectivity index (χ3v) is 3.84. The molecule has 0 unspecified atom stereocenters. The van der Waals surface area contributed by atoms with Gasteiger partial charge in [-0.3, -0.25) is 4.79 Å². The number of hydrogen-bond donors (Lipinski definition) is 2. The van der Waals surface area contributed by atoms with E-state index >= 15 is 0 Å². The third kappa shape index (κ3) is 4.58. The molecule has 21 heavy (non-hydrogen) atoms. The molecule has 2 aromatic rings. The first-order chi connectivity index (χ1) is 10.00. The van der Waals surface area contributed by atoms with Crippen LogP contribution in [0.3, 0.4) is 0 Å². The molecule has 1 atom stereocenters. The second-order valence-electron chi connectivity index (χ2n) is 5.22. The van der Waals surface area contributed by atoms with Gasteiger partial charge in [-0.05, 0) is 36.1 Å². The molecule has 4 nitrogen and oxygen atoms in total. The Labute approximate surface area is 128 Å². The van der Waals surface area contributed by atoms with Crippen LogP contribution in [-0.2, 0) is 6.42 Å². The molecule has 0 aliphatic carbocycles. The van der Waals surface area contributed by atoms with Crippen LogP contribution in [-0.4, -0.2) is 30.3 Å². The molecule has 1 heterocycles. The normalized spacial score (nSPS) is 13.5. The largest absolute Gasteiger partial charge is 0.497 e. The highest BCUT2D eigenvalue weighted by Gasteiger charge is 2.22. The van der Waals surface area contributed by atoms with Gasteiger partial charge in [0.1, 0.15) is 5.75 Å². The topological polar surface area (TPSA) is 58.6 Å². The molecule has 0 saturated carbocycles. The summed E-state index contributed by atoms with van der Waals surface area (Å²) in [4.78, 5) is 11.9. The van der Waals surface area contributed by atoms with E-state index in [1.807, 2.05) is 29.6 Å². The Kier molecular flexibility index (Phi) is 4.98. The maximum absolute atomic E-state index is 11.9. The summed E-state index contributed by atoms with van der Waals surface area (Å²) in [5, 5.41) is 16.8. The van der Waals surface area contributed by atoms with Gasteiger partial charge in [-0.1, -0.05) is 12.1 Å². The maximum atomic E-state index is 11.9. The van der Waals surface area contributed by atoms with Crippen LogP contribution in [0.15, 0.2) is 41.1 Å². The van der Waals surface area contributed by atoms with Crippen molar-refractivity contribution >= 4 is 17.2 Å². The summed E-state index contributed by atoms with van der Waals surface area (Å²) >= 11 is 1.47. The van der Waals surface area contributed by atoms with Crippen molar-refractivity contribution in [1.82, 2.24) is 5.32 Å². The maximum Gasteiger partial charge on any atom is 0.252 e. The molecule has 0 aliphatic heterocycles. The average molecular weight is 305 g/mol. The Morgan fingerprint density at radius 1 is 1.33 bits per heavy atom. The number of benzene rings is 1. The van der Waals surface area contributed by atoms with Gasteiger partial charge in [-0.2, -0.15) is 11.3 Å². The highest BCUT2D eigenvalue weighted by molar-refractivity contribution is 7.08. The van der Waals surface area contributed by atoms with Crippen LogP contribution in [0, 0.1) is 0 Å². The van der Waals surface area contributed by atoms with Gasteiger partial charge in [0.2, 0.25) is 0 Å². The van der Waals surface area contributed by atoms with Gasteiger partial charge in [0.05, 0.1) is 12.7 Å². The number of ether oxygens (including phenoxy) is 1. The molecular formula is C16H19NO3S. The van der Waals surface area contributed by atoms with E-state index in [9.17, 15) is 9.90 Å². The van der Waals surface area contributed by atoms with E-state index in [2.05, 4.69) is 5.32 Å². The second-order valence-corrected chi connectivity index (χ2v) is 6.00. The first-order valence-corrected chi connectivity index (χ1v) is 7.60. The van der Waals surface area contributed by atoms with Crippen LogP contribution in [0.25, 0.3) is 0 Å². The van der Waals surface area contributed by atoms with Gasteiger partial charge < -0.3 is 15.2 Å². The van der Waals surface area contributed by atoms with E-state index in [1.54, 1.807) is 25.5 Å². The first-order valence-electron chi connectivity index (χ1n) is 6.66. The number of nitrogens with one attached hydrogen (secondary N) is 1. The zero-order valence-corrected chi connectivity index (χ0v) is 12.9. The summed E-state index contributed by atoms with van der Waals surface area (Å²) in [6.45, 7) is 1.92. The van der Waals surface area contributed by atoms with E-state index in [-0.39, 0.29) is 12.5 Å². The first kappa shape index (κ1) is 15.5. The van der Waals surface area contributed by atoms with Crippen LogP contribution in [0.2, 0.25) is 0 Å². The number of methoxy groups -OCH3 is 1. The summed E-state index contributed by atoms with van der Waals surface area (Å²) in [6.07, 6.45) is 0.459. The lowest BCUT2D eigenvalue weighted by Crippen LogP contribution is -2.42. The average Bonchev–Trinajstić information content (AvgIpc) is 2.99. The molecule has 0 spiro atoms. The smallest absolute Gasteiger partial charge is 0.252 e. The fourth-order valence-electron chi connectivity index (χ4n) is 2.01. The summed E-state index contributed by atoms with van der Waals surface area (Å²) in [7, 11) is 1.62. The van der Waals surface area contributed by atoms with Gasteiger partial charge in [-0.15, -0.1) is 0 Å². The molecule has 2 rings (SSSR count). The van der Waals surface area contributed by atoms with Crippen molar-refractivity contribution in [2.75, 3.05) is 13.7 Å². The van der Waals surface area contributed by atoms with Gasteiger partial charge in [0.25, 0.3) is 5.91 Å². The van der Waals surface area contributed by atoms with E-state index < -0.39 is 5.60 Å². The lowest BCUT2D eigenvalue weighted by atomic mass is 9.96. The minimum absolute atomic E-state index is 0.161. The Morgan fingerprint density at radius 2 is 2.05 bits per heavy atom. The number of carbonyl (C=O) groups is 1. The lowest BCUT2D eigenvalue weighted by molar-refractivity contribution is 0.0553. The lowest BCUT2D eigenvalue weighted by Gasteiger charge is -2.23. The van der Waals surface area contributed by atoms with Crippen molar-refractivity contribution < 1.29 is 14.6 Å². The highest BCUT2D eigenvalue weighted by atomic mass is 32.1. The number of aliphatic hydroxyl groups is 1. The fraction of sp³-hybridized carbons (Fsp3) is 0.312. The Morgan fingerprint density at radius 3 is 2.62 bits per heavy atom. The number of amides is 1. The monoisotopic (exact) mass is 305 g/mol. The summed E-state index contributed by atoms with van der Waals surface area (Å²) in [5.74, 6) is 0.621. The van der Waals surface area contributed by atoms with Gasteiger partial charge >= 0.3 is 0 Å². The molecule has 0 saturated heterocycles. The summed E-state index contributed by atoms with van der Waals surface area (Å²) < 4.78 is 5.10. The standard InChI is InChI=1S/C16H19NO3S/c1-16(19,9-12-3-5-14(20-2)6-4-12)11-17-15(18)13-7-8-21-10-13/h3-8,10,19H,9,11H2,1-2H3,(H,17,18)/t16-/m1/s1. The van der Waals surface area contributed by atoms with Crippen molar-refractivity contribution in [2.45, 2.75) is 18.9 Å². The van der Waals surface area contributed by atoms with Crippen LogP contribution >= 0.6 is 11.3 Å². The zero-order valence-electron chi connectivity index (χ0n) is 12.1. The minimum Gasteiger partial charge on any atom is -0.497 e. The number of thiophene rings is 1. The molecule has 5 heteroatoms. The van der Waals surface area contributed by atoms with Crippen molar-refractivity contribution in [3.05, 3.63) is 52.2 Å². The van der Waals surface area contributed by atoms with Gasteiger partial charge in [0, 0.05) is 23.9 Å². The van der Waals surface area contributed by atoms with Crippen molar-refractivity contribution in [2.24, 2.45) is 0 Å². The van der Waals surface area contributed by atoms with Gasteiger partial charge in [0.15, 0.2) is 0 Å².